The van der Waals surface area contributed by atoms with Gasteiger partial charge in [0.2, 0.25) is 5.91 Å². The molecular formula is C18H19N3O3. The average Bonchev–Trinajstić information content (AvgIpc) is 3.30. The van der Waals surface area contributed by atoms with E-state index >= 15 is 0 Å². The number of rotatable bonds is 2. The molecule has 0 spiro atoms. The van der Waals surface area contributed by atoms with Gasteiger partial charge in [-0.1, -0.05) is 0 Å². The lowest BCUT2D eigenvalue weighted by Gasteiger charge is -2.36. The van der Waals surface area contributed by atoms with Gasteiger partial charge in [0.1, 0.15) is 6.04 Å². The highest BCUT2D eigenvalue weighted by Crippen LogP contribution is 2.30. The van der Waals surface area contributed by atoms with E-state index in [4.69, 9.17) is 4.42 Å². The summed E-state index contributed by atoms with van der Waals surface area (Å²) in [4.78, 5) is 33.4. The standard InChI is InChI=1S/C18H19N3O3/c22-17(21-10-7-13-12-19-8-6-14(13)21)15-4-1-2-9-20(15)18(23)16-5-3-11-24-16/h3,5-6,8,11-12,15H,1-2,4,7,9-10H2. The van der Waals surface area contributed by atoms with Gasteiger partial charge in [-0.05, 0) is 49.4 Å². The number of piperidine rings is 1. The first-order valence-electron chi connectivity index (χ1n) is 8.34. The third kappa shape index (κ3) is 2.48. The molecule has 24 heavy (non-hydrogen) atoms. The summed E-state index contributed by atoms with van der Waals surface area (Å²) in [5.41, 5.74) is 2.01. The molecule has 2 aliphatic rings. The number of hydrogen-bond donors (Lipinski definition) is 0. The Bertz CT molecular complexity index is 757. The zero-order valence-corrected chi connectivity index (χ0v) is 13.4. The molecule has 4 rings (SSSR count). The molecule has 2 aromatic rings. The molecular weight excluding hydrogens is 306 g/mol. The second-order valence-electron chi connectivity index (χ2n) is 6.23. The highest BCUT2D eigenvalue weighted by atomic mass is 16.3. The molecule has 0 radical (unpaired) electrons. The number of fused-ring (bicyclic) bond motifs is 1. The maximum atomic E-state index is 13.1. The Balaban J connectivity index is 1.59. The molecule has 0 N–H and O–H groups in total. The lowest BCUT2D eigenvalue weighted by atomic mass is 10.00. The summed E-state index contributed by atoms with van der Waals surface area (Å²) in [5.74, 6) is 0.0903. The smallest absolute Gasteiger partial charge is 0.290 e. The van der Waals surface area contributed by atoms with Crippen LogP contribution in [0.2, 0.25) is 0 Å². The first-order valence-corrected chi connectivity index (χ1v) is 8.34. The highest BCUT2D eigenvalue weighted by Gasteiger charge is 2.38. The molecule has 0 saturated carbocycles. The summed E-state index contributed by atoms with van der Waals surface area (Å²) < 4.78 is 5.23. The lowest BCUT2D eigenvalue weighted by Crippen LogP contribution is -2.52. The molecule has 1 saturated heterocycles. The molecule has 2 amide bonds. The van der Waals surface area contributed by atoms with Crippen LogP contribution in [0, 0.1) is 0 Å². The van der Waals surface area contributed by atoms with Gasteiger partial charge in [0.25, 0.3) is 5.91 Å². The number of carbonyl (C=O) groups is 2. The van der Waals surface area contributed by atoms with Crippen molar-refractivity contribution in [3.8, 4) is 0 Å². The van der Waals surface area contributed by atoms with E-state index in [0.29, 0.717) is 25.3 Å². The lowest BCUT2D eigenvalue weighted by molar-refractivity contribution is -0.124. The second-order valence-corrected chi connectivity index (χ2v) is 6.23. The number of furan rings is 1. The number of carbonyl (C=O) groups excluding carboxylic acids is 2. The van der Waals surface area contributed by atoms with Crippen LogP contribution in [0.1, 0.15) is 35.4 Å². The molecule has 6 heteroatoms. The third-order valence-electron chi connectivity index (χ3n) is 4.82. The van der Waals surface area contributed by atoms with Gasteiger partial charge in [0.05, 0.1) is 12.0 Å². The molecule has 6 nitrogen and oxygen atoms in total. The van der Waals surface area contributed by atoms with Gasteiger partial charge in [-0.3, -0.25) is 14.6 Å². The van der Waals surface area contributed by atoms with Crippen molar-refractivity contribution >= 4 is 17.5 Å². The molecule has 1 atom stereocenters. The van der Waals surface area contributed by atoms with E-state index in [2.05, 4.69) is 4.98 Å². The Kier molecular flexibility index (Phi) is 3.80. The van der Waals surface area contributed by atoms with Crippen molar-refractivity contribution < 1.29 is 14.0 Å². The van der Waals surface area contributed by atoms with E-state index in [9.17, 15) is 9.59 Å². The Morgan fingerprint density at radius 2 is 2.12 bits per heavy atom. The van der Waals surface area contributed by atoms with Crippen molar-refractivity contribution in [2.45, 2.75) is 31.7 Å². The van der Waals surface area contributed by atoms with Gasteiger partial charge in [-0.2, -0.15) is 0 Å². The topological polar surface area (TPSA) is 66.7 Å². The molecule has 124 valence electrons. The fourth-order valence-corrected chi connectivity index (χ4v) is 3.61. The molecule has 4 heterocycles. The van der Waals surface area contributed by atoms with Crippen LogP contribution in [0.15, 0.2) is 41.3 Å². The normalized spacial score (nSPS) is 20.1. The van der Waals surface area contributed by atoms with Gasteiger partial charge in [0, 0.05) is 25.5 Å². The number of pyridine rings is 1. The summed E-state index contributed by atoms with van der Waals surface area (Å²) in [5, 5.41) is 0. The quantitative estimate of drug-likeness (QED) is 0.849. The molecule has 0 aromatic carbocycles. The largest absolute Gasteiger partial charge is 0.459 e. The number of hydrogen-bond acceptors (Lipinski definition) is 4. The average molecular weight is 325 g/mol. The Morgan fingerprint density at radius 3 is 2.96 bits per heavy atom. The van der Waals surface area contributed by atoms with Crippen molar-refractivity contribution in [1.82, 2.24) is 9.88 Å². The zero-order valence-electron chi connectivity index (χ0n) is 13.4. The van der Waals surface area contributed by atoms with E-state index in [-0.39, 0.29) is 11.8 Å². The fourth-order valence-electron chi connectivity index (χ4n) is 3.61. The second kappa shape index (κ2) is 6.11. The summed E-state index contributed by atoms with van der Waals surface area (Å²) in [6.07, 6.45) is 8.38. The summed E-state index contributed by atoms with van der Waals surface area (Å²) >= 11 is 0. The molecule has 0 aliphatic carbocycles. The predicted octanol–water partition coefficient (Wildman–Crippen LogP) is 2.26. The summed E-state index contributed by atoms with van der Waals surface area (Å²) in [6.45, 7) is 1.24. The van der Waals surface area contributed by atoms with Gasteiger partial charge >= 0.3 is 0 Å². The SMILES string of the molecule is O=C(C1CCCCN1C(=O)c1ccco1)N1CCc2cnccc21. The van der Waals surface area contributed by atoms with E-state index in [1.807, 2.05) is 12.3 Å². The van der Waals surface area contributed by atoms with Gasteiger partial charge in [0.15, 0.2) is 5.76 Å². The van der Waals surface area contributed by atoms with Crippen molar-refractivity contribution in [3.63, 3.8) is 0 Å². The summed E-state index contributed by atoms with van der Waals surface area (Å²) in [6, 6.07) is 4.80. The molecule has 1 unspecified atom stereocenters. The molecule has 2 aromatic heterocycles. The first-order chi connectivity index (χ1) is 11.8. The third-order valence-corrected chi connectivity index (χ3v) is 4.82. The fraction of sp³-hybridized carbons (Fsp3) is 0.389. The van der Waals surface area contributed by atoms with Crippen LogP contribution >= 0.6 is 0 Å². The Labute approximate surface area is 140 Å². The van der Waals surface area contributed by atoms with Crippen LogP contribution in [0.3, 0.4) is 0 Å². The van der Waals surface area contributed by atoms with E-state index in [1.165, 1.54) is 6.26 Å². The number of aromatic nitrogens is 1. The van der Waals surface area contributed by atoms with Gasteiger partial charge < -0.3 is 14.2 Å². The number of amides is 2. The number of likely N-dealkylation sites (tertiary alicyclic amines) is 1. The van der Waals surface area contributed by atoms with Crippen LogP contribution in [0.25, 0.3) is 0 Å². The maximum Gasteiger partial charge on any atom is 0.290 e. The number of anilines is 1. The minimum atomic E-state index is -0.421. The van der Waals surface area contributed by atoms with E-state index < -0.39 is 6.04 Å². The highest BCUT2D eigenvalue weighted by molar-refractivity contribution is 6.02. The van der Waals surface area contributed by atoms with Crippen molar-refractivity contribution in [2.75, 3.05) is 18.0 Å². The van der Waals surface area contributed by atoms with Crippen LogP contribution in [-0.2, 0) is 11.2 Å². The Morgan fingerprint density at radius 1 is 1.21 bits per heavy atom. The van der Waals surface area contributed by atoms with Gasteiger partial charge in [-0.25, -0.2) is 0 Å². The van der Waals surface area contributed by atoms with Gasteiger partial charge in [-0.15, -0.1) is 0 Å². The van der Waals surface area contributed by atoms with Crippen molar-refractivity contribution in [1.29, 1.82) is 0 Å². The van der Waals surface area contributed by atoms with Crippen molar-refractivity contribution in [2.24, 2.45) is 0 Å². The zero-order chi connectivity index (χ0) is 16.5. The predicted molar refractivity (Wildman–Crippen MR) is 87.7 cm³/mol. The van der Waals surface area contributed by atoms with E-state index in [1.54, 1.807) is 28.1 Å². The van der Waals surface area contributed by atoms with Crippen molar-refractivity contribution in [3.05, 3.63) is 48.2 Å². The van der Waals surface area contributed by atoms with Crippen LogP contribution < -0.4 is 4.90 Å². The monoisotopic (exact) mass is 325 g/mol. The minimum absolute atomic E-state index is 0.000411. The molecule has 0 bridgehead atoms. The minimum Gasteiger partial charge on any atom is -0.459 e. The molecule has 1 fully saturated rings. The van der Waals surface area contributed by atoms with Crippen LogP contribution in [-0.4, -0.2) is 40.8 Å². The maximum absolute atomic E-state index is 13.1. The first kappa shape index (κ1) is 14.9. The summed E-state index contributed by atoms with van der Waals surface area (Å²) in [7, 11) is 0. The van der Waals surface area contributed by atoms with Crippen LogP contribution in [0.4, 0.5) is 5.69 Å². The number of nitrogens with zero attached hydrogens (tertiary/aromatic N) is 3. The molecule has 2 aliphatic heterocycles. The Hall–Kier alpha value is -2.63. The van der Waals surface area contributed by atoms with Crippen LogP contribution in [0.5, 0.6) is 0 Å². The van der Waals surface area contributed by atoms with E-state index in [0.717, 1.165) is 30.5 Å².